The normalized spacial score (nSPS) is 17.7. The van der Waals surface area contributed by atoms with Gasteiger partial charge in [-0.2, -0.15) is 0 Å². The molecule has 1 aromatic heterocycles. The summed E-state index contributed by atoms with van der Waals surface area (Å²) in [7, 11) is 3.85. The molecule has 9 nitrogen and oxygen atoms in total. The van der Waals surface area contributed by atoms with Crippen LogP contribution in [0.2, 0.25) is 0 Å². The van der Waals surface area contributed by atoms with Crippen LogP contribution in [0.5, 0.6) is 5.75 Å². The van der Waals surface area contributed by atoms with Crippen LogP contribution < -0.4 is 15.0 Å². The van der Waals surface area contributed by atoms with Gasteiger partial charge in [0.05, 0.1) is 13.2 Å². The molecule has 1 saturated heterocycles. The minimum Gasteiger partial charge on any atom is -0.491 e. The maximum Gasteiger partial charge on any atom is 0.272 e. The molecule has 4 rings (SSSR count). The molecule has 1 unspecified atom stereocenters. The summed E-state index contributed by atoms with van der Waals surface area (Å²) in [5.41, 5.74) is 1.16. The summed E-state index contributed by atoms with van der Waals surface area (Å²) in [5, 5.41) is 12.9. The number of carbonyl (C=O) groups is 1. The molecule has 1 aliphatic carbocycles. The van der Waals surface area contributed by atoms with Gasteiger partial charge >= 0.3 is 0 Å². The lowest BCUT2D eigenvalue weighted by Gasteiger charge is -2.32. The Kier molecular flexibility index (Phi) is 8.90. The van der Waals surface area contributed by atoms with Gasteiger partial charge in [-0.3, -0.25) is 4.79 Å². The van der Waals surface area contributed by atoms with E-state index >= 15 is 0 Å². The van der Waals surface area contributed by atoms with Gasteiger partial charge in [0, 0.05) is 44.4 Å². The van der Waals surface area contributed by atoms with Crippen LogP contribution in [0.3, 0.4) is 0 Å². The van der Waals surface area contributed by atoms with Crippen LogP contribution in [0.15, 0.2) is 30.3 Å². The summed E-state index contributed by atoms with van der Waals surface area (Å²) < 4.78 is 11.2. The first-order chi connectivity index (χ1) is 17.0. The number of benzene rings is 1. The van der Waals surface area contributed by atoms with Crippen molar-refractivity contribution in [2.45, 2.75) is 44.2 Å². The summed E-state index contributed by atoms with van der Waals surface area (Å²) in [6.45, 7) is 2.82. The number of carbonyl (C=O) groups excluding carboxylic acids is 1. The molecule has 1 atom stereocenters. The van der Waals surface area contributed by atoms with Crippen molar-refractivity contribution in [3.63, 3.8) is 0 Å². The number of ether oxygens (including phenoxy) is 2. The van der Waals surface area contributed by atoms with E-state index in [-0.39, 0.29) is 12.5 Å². The van der Waals surface area contributed by atoms with Gasteiger partial charge in [0.1, 0.15) is 30.0 Å². The highest BCUT2D eigenvalue weighted by Gasteiger charge is 2.25. The minimum atomic E-state index is -0.606. The molecule has 0 spiro atoms. The van der Waals surface area contributed by atoms with Crippen molar-refractivity contribution in [2.75, 3.05) is 58.5 Å². The highest BCUT2D eigenvalue weighted by molar-refractivity contribution is 5.93. The molecule has 1 aliphatic heterocycles. The predicted octanol–water partition coefficient (Wildman–Crippen LogP) is 2.34. The molecule has 190 valence electrons. The lowest BCUT2D eigenvalue weighted by atomic mass is 9.94. The highest BCUT2D eigenvalue weighted by atomic mass is 16.5. The van der Waals surface area contributed by atoms with Gasteiger partial charge < -0.3 is 29.7 Å². The maximum absolute atomic E-state index is 13.3. The van der Waals surface area contributed by atoms with Gasteiger partial charge in [-0.25, -0.2) is 9.97 Å². The number of rotatable bonds is 9. The summed E-state index contributed by atoms with van der Waals surface area (Å²) >= 11 is 0. The molecule has 2 heterocycles. The van der Waals surface area contributed by atoms with Crippen molar-refractivity contribution < 1.29 is 19.4 Å². The third kappa shape index (κ3) is 6.68. The standard InChI is InChI=1S/C26H37N5O4/c1-27-17-21(32)18-35-22-10-6-7-19(15-22)25-28-23(26(33)31-11-13-34-14-12-31)16-24(29-25)30(2)20-8-4-3-5-9-20/h6-7,10,15-16,20-21,27,32H,3-5,8-9,11-14,17-18H2,1-2H3. The summed E-state index contributed by atoms with van der Waals surface area (Å²) in [6.07, 6.45) is 5.35. The number of aliphatic hydroxyl groups is 1. The van der Waals surface area contributed by atoms with E-state index in [9.17, 15) is 9.90 Å². The quantitative estimate of drug-likeness (QED) is 0.561. The fourth-order valence-electron chi connectivity index (χ4n) is 4.65. The molecule has 9 heteroatoms. The van der Waals surface area contributed by atoms with Crippen LogP contribution in [0.1, 0.15) is 42.6 Å². The molecule has 0 radical (unpaired) electrons. The monoisotopic (exact) mass is 483 g/mol. The van der Waals surface area contributed by atoms with Crippen LogP contribution in [-0.2, 0) is 4.74 Å². The number of hydrogen-bond donors (Lipinski definition) is 2. The van der Waals surface area contributed by atoms with Gasteiger partial charge in [-0.15, -0.1) is 0 Å². The van der Waals surface area contributed by atoms with Crippen LogP contribution >= 0.6 is 0 Å². The fraction of sp³-hybridized carbons (Fsp3) is 0.577. The minimum absolute atomic E-state index is 0.0992. The Balaban J connectivity index is 1.63. The van der Waals surface area contributed by atoms with Gasteiger partial charge in [-0.05, 0) is 32.0 Å². The van der Waals surface area contributed by atoms with E-state index in [1.165, 1.54) is 19.3 Å². The molecule has 2 N–H and O–H groups in total. The van der Waals surface area contributed by atoms with E-state index in [2.05, 4.69) is 22.2 Å². The lowest BCUT2D eigenvalue weighted by molar-refractivity contribution is 0.0299. The van der Waals surface area contributed by atoms with Crippen molar-refractivity contribution in [1.29, 1.82) is 0 Å². The molecule has 0 bridgehead atoms. The molecular formula is C26H37N5O4. The Bertz CT molecular complexity index is 976. The second kappa shape index (κ2) is 12.3. The van der Waals surface area contributed by atoms with E-state index in [4.69, 9.17) is 14.5 Å². The molecular weight excluding hydrogens is 446 g/mol. The van der Waals surface area contributed by atoms with Crippen LogP contribution in [0.4, 0.5) is 5.82 Å². The second-order valence-electron chi connectivity index (χ2n) is 9.29. The number of nitrogens with zero attached hydrogens (tertiary/aromatic N) is 4. The van der Waals surface area contributed by atoms with Crippen molar-refractivity contribution in [3.05, 3.63) is 36.0 Å². The zero-order valence-electron chi connectivity index (χ0n) is 20.8. The van der Waals surface area contributed by atoms with Crippen molar-refractivity contribution >= 4 is 11.7 Å². The molecule has 1 amide bonds. The van der Waals surface area contributed by atoms with Crippen molar-refractivity contribution in [2.24, 2.45) is 0 Å². The van der Waals surface area contributed by atoms with E-state index in [1.807, 2.05) is 30.3 Å². The molecule has 1 saturated carbocycles. The smallest absolute Gasteiger partial charge is 0.272 e. The van der Waals surface area contributed by atoms with Gasteiger partial charge in [-0.1, -0.05) is 31.4 Å². The number of amides is 1. The molecule has 2 aromatic rings. The van der Waals surface area contributed by atoms with E-state index in [0.717, 1.165) is 24.2 Å². The zero-order valence-corrected chi connectivity index (χ0v) is 20.8. The maximum atomic E-state index is 13.3. The van der Waals surface area contributed by atoms with Crippen molar-refractivity contribution in [1.82, 2.24) is 20.2 Å². The van der Waals surface area contributed by atoms with E-state index in [0.29, 0.717) is 56.2 Å². The number of anilines is 1. The molecule has 35 heavy (non-hydrogen) atoms. The van der Waals surface area contributed by atoms with E-state index in [1.54, 1.807) is 11.9 Å². The topological polar surface area (TPSA) is 100 Å². The highest BCUT2D eigenvalue weighted by Crippen LogP contribution is 2.28. The first-order valence-corrected chi connectivity index (χ1v) is 12.6. The Morgan fingerprint density at radius 3 is 2.74 bits per heavy atom. The first kappa shape index (κ1) is 25.3. The predicted molar refractivity (Wildman–Crippen MR) is 135 cm³/mol. The van der Waals surface area contributed by atoms with Gasteiger partial charge in [0.2, 0.25) is 0 Å². The number of aliphatic hydroxyl groups excluding tert-OH is 1. The SMILES string of the molecule is CNCC(O)COc1cccc(-c2nc(C(=O)N3CCOCC3)cc(N(C)C3CCCCC3)n2)c1. The third-order valence-corrected chi connectivity index (χ3v) is 6.69. The number of aromatic nitrogens is 2. The Morgan fingerprint density at radius 1 is 1.23 bits per heavy atom. The average molecular weight is 484 g/mol. The molecule has 2 aliphatic rings. The molecule has 1 aromatic carbocycles. The second-order valence-corrected chi connectivity index (χ2v) is 9.29. The van der Waals surface area contributed by atoms with Gasteiger partial charge in [0.25, 0.3) is 5.91 Å². The number of likely N-dealkylation sites (N-methyl/N-ethyl adjacent to an activating group) is 1. The Labute approximate surface area is 207 Å². The largest absolute Gasteiger partial charge is 0.491 e. The number of nitrogens with one attached hydrogen (secondary N) is 1. The molecule has 2 fully saturated rings. The van der Waals surface area contributed by atoms with Crippen LogP contribution in [0, 0.1) is 0 Å². The first-order valence-electron chi connectivity index (χ1n) is 12.6. The fourth-order valence-corrected chi connectivity index (χ4v) is 4.65. The number of hydrogen-bond acceptors (Lipinski definition) is 8. The number of morpholine rings is 1. The van der Waals surface area contributed by atoms with Crippen LogP contribution in [-0.4, -0.2) is 91.6 Å². The van der Waals surface area contributed by atoms with E-state index < -0.39 is 6.10 Å². The third-order valence-electron chi connectivity index (χ3n) is 6.69. The Hall–Kier alpha value is -2.75. The average Bonchev–Trinajstić information content (AvgIpc) is 2.92. The van der Waals surface area contributed by atoms with Gasteiger partial charge in [0.15, 0.2) is 5.82 Å². The lowest BCUT2D eigenvalue weighted by Crippen LogP contribution is -2.41. The zero-order chi connectivity index (χ0) is 24.6. The summed E-state index contributed by atoms with van der Waals surface area (Å²) in [6, 6.07) is 9.72. The summed E-state index contributed by atoms with van der Waals surface area (Å²) in [4.78, 5) is 26.9. The van der Waals surface area contributed by atoms with Crippen LogP contribution in [0.25, 0.3) is 11.4 Å². The van der Waals surface area contributed by atoms with Crippen molar-refractivity contribution in [3.8, 4) is 17.1 Å². The summed E-state index contributed by atoms with van der Waals surface area (Å²) in [5.74, 6) is 1.77. The Morgan fingerprint density at radius 2 is 2.00 bits per heavy atom.